The molecule has 0 bridgehead atoms. The van der Waals surface area contributed by atoms with Crippen molar-refractivity contribution < 1.29 is 0 Å². The van der Waals surface area contributed by atoms with Gasteiger partial charge in [-0.15, -0.1) is 0 Å². The third-order valence-corrected chi connectivity index (χ3v) is 4.66. The van der Waals surface area contributed by atoms with Crippen molar-refractivity contribution in [3.63, 3.8) is 0 Å². The van der Waals surface area contributed by atoms with E-state index in [9.17, 15) is 4.79 Å². The van der Waals surface area contributed by atoms with Crippen molar-refractivity contribution in [2.45, 2.75) is 63.9 Å². The lowest BCUT2D eigenvalue weighted by Gasteiger charge is -2.32. The molecule has 0 spiro atoms. The van der Waals surface area contributed by atoms with Crippen LogP contribution in [0.3, 0.4) is 0 Å². The molecular weight excluding hydrogens is 258 g/mol. The van der Waals surface area contributed by atoms with Crippen molar-refractivity contribution in [1.29, 1.82) is 0 Å². The van der Waals surface area contributed by atoms with E-state index in [1.807, 2.05) is 6.92 Å². The number of nitrogens with two attached hydrogens (primary N) is 1. The molecule has 0 aromatic carbocycles. The molecule has 1 aromatic rings. The standard InChI is InChI=1S/C14H25N3OS/c1-6-7-10-8-11(18)17-13(16-10)19-12(9(2)15)14(3,4)5/h8-9,12H,6-7,15H2,1-5H3,(H,16,17,18). The van der Waals surface area contributed by atoms with Crippen molar-refractivity contribution in [2.24, 2.45) is 11.1 Å². The molecule has 1 aromatic heterocycles. The van der Waals surface area contributed by atoms with Gasteiger partial charge in [-0.05, 0) is 18.8 Å². The second-order valence-electron chi connectivity index (χ2n) is 6.06. The van der Waals surface area contributed by atoms with Crippen LogP contribution in [0.1, 0.15) is 46.7 Å². The van der Waals surface area contributed by atoms with Crippen LogP contribution in [0.2, 0.25) is 0 Å². The molecule has 1 rings (SSSR count). The van der Waals surface area contributed by atoms with E-state index in [0.29, 0.717) is 5.16 Å². The van der Waals surface area contributed by atoms with E-state index in [0.717, 1.165) is 18.5 Å². The molecule has 0 aliphatic heterocycles. The zero-order valence-electron chi connectivity index (χ0n) is 12.5. The van der Waals surface area contributed by atoms with Crippen molar-refractivity contribution >= 4 is 11.8 Å². The monoisotopic (exact) mass is 283 g/mol. The Hall–Kier alpha value is -0.810. The Morgan fingerprint density at radius 2 is 2.11 bits per heavy atom. The van der Waals surface area contributed by atoms with Gasteiger partial charge in [0.15, 0.2) is 5.16 Å². The molecule has 3 N–H and O–H groups in total. The number of hydrogen-bond acceptors (Lipinski definition) is 4. The van der Waals surface area contributed by atoms with E-state index in [2.05, 4.69) is 37.7 Å². The molecule has 4 nitrogen and oxygen atoms in total. The van der Waals surface area contributed by atoms with Crippen molar-refractivity contribution in [1.82, 2.24) is 9.97 Å². The van der Waals surface area contributed by atoms with Crippen LogP contribution < -0.4 is 11.3 Å². The van der Waals surface area contributed by atoms with Gasteiger partial charge in [-0.2, -0.15) is 0 Å². The van der Waals surface area contributed by atoms with Gasteiger partial charge >= 0.3 is 0 Å². The van der Waals surface area contributed by atoms with E-state index in [1.54, 1.807) is 17.8 Å². The molecule has 0 amide bonds. The maximum absolute atomic E-state index is 11.6. The summed E-state index contributed by atoms with van der Waals surface area (Å²) in [5, 5.41) is 0.876. The topological polar surface area (TPSA) is 71.8 Å². The number of aryl methyl sites for hydroxylation is 1. The van der Waals surface area contributed by atoms with E-state index < -0.39 is 0 Å². The van der Waals surface area contributed by atoms with E-state index in [1.165, 1.54) is 0 Å². The number of H-pyrrole nitrogens is 1. The predicted octanol–water partition coefficient (Wildman–Crippen LogP) is 2.58. The minimum atomic E-state index is -0.0849. The fourth-order valence-corrected chi connectivity index (χ4v) is 3.25. The van der Waals surface area contributed by atoms with Gasteiger partial charge in [0.25, 0.3) is 5.56 Å². The van der Waals surface area contributed by atoms with Gasteiger partial charge in [0, 0.05) is 23.1 Å². The van der Waals surface area contributed by atoms with E-state index in [-0.39, 0.29) is 22.3 Å². The highest BCUT2D eigenvalue weighted by Crippen LogP contribution is 2.35. The summed E-state index contributed by atoms with van der Waals surface area (Å²) in [5.74, 6) is 0. The first-order valence-electron chi connectivity index (χ1n) is 6.76. The first-order chi connectivity index (χ1) is 8.74. The molecule has 0 aliphatic carbocycles. The van der Waals surface area contributed by atoms with Crippen molar-refractivity contribution in [2.75, 3.05) is 0 Å². The van der Waals surface area contributed by atoms with Crippen LogP contribution in [0.25, 0.3) is 0 Å². The smallest absolute Gasteiger partial charge is 0.251 e. The summed E-state index contributed by atoms with van der Waals surface area (Å²) in [6.45, 7) is 10.5. The third-order valence-electron chi connectivity index (χ3n) is 2.85. The largest absolute Gasteiger partial charge is 0.327 e. The molecule has 2 unspecified atom stereocenters. The summed E-state index contributed by atoms with van der Waals surface area (Å²) in [6, 6.07) is 1.61. The summed E-state index contributed by atoms with van der Waals surface area (Å²) >= 11 is 1.57. The number of aromatic amines is 1. The zero-order valence-corrected chi connectivity index (χ0v) is 13.3. The van der Waals surface area contributed by atoms with Gasteiger partial charge in [-0.1, -0.05) is 45.9 Å². The summed E-state index contributed by atoms with van der Waals surface area (Å²) in [6.07, 6.45) is 1.81. The molecule has 0 fully saturated rings. The first kappa shape index (κ1) is 16.2. The molecule has 1 heterocycles. The molecule has 0 aliphatic rings. The lowest BCUT2D eigenvalue weighted by molar-refractivity contribution is 0.363. The summed E-state index contributed by atoms with van der Waals surface area (Å²) in [4.78, 5) is 19.0. The first-order valence-corrected chi connectivity index (χ1v) is 7.64. The lowest BCUT2D eigenvalue weighted by Crippen LogP contribution is -2.39. The van der Waals surface area contributed by atoms with Crippen LogP contribution in [0.5, 0.6) is 0 Å². The maximum atomic E-state index is 11.6. The average molecular weight is 283 g/mol. The van der Waals surface area contributed by atoms with Gasteiger partial charge < -0.3 is 10.7 Å². The summed E-state index contributed by atoms with van der Waals surface area (Å²) in [7, 11) is 0. The number of hydrogen-bond donors (Lipinski definition) is 2. The normalized spacial score (nSPS) is 15.3. The van der Waals surface area contributed by atoms with Gasteiger partial charge in [-0.25, -0.2) is 4.98 Å². The highest BCUT2D eigenvalue weighted by Gasteiger charge is 2.29. The third kappa shape index (κ3) is 4.99. The fourth-order valence-electron chi connectivity index (χ4n) is 2.12. The minimum Gasteiger partial charge on any atom is -0.327 e. The highest BCUT2D eigenvalue weighted by molar-refractivity contribution is 7.99. The van der Waals surface area contributed by atoms with Crippen LogP contribution >= 0.6 is 11.8 Å². The quantitative estimate of drug-likeness (QED) is 0.643. The predicted molar refractivity (Wildman–Crippen MR) is 81.6 cm³/mol. The van der Waals surface area contributed by atoms with Crippen LogP contribution in [-0.4, -0.2) is 21.3 Å². The molecule has 0 radical (unpaired) electrons. The molecule has 2 atom stereocenters. The molecule has 108 valence electrons. The highest BCUT2D eigenvalue weighted by atomic mass is 32.2. The Labute approximate surface area is 119 Å². The van der Waals surface area contributed by atoms with Crippen molar-refractivity contribution in [3.8, 4) is 0 Å². The molecule has 5 heteroatoms. The molecular formula is C14H25N3OS. The zero-order chi connectivity index (χ0) is 14.6. The summed E-state index contributed by atoms with van der Waals surface area (Å²) in [5.41, 5.74) is 6.89. The van der Waals surface area contributed by atoms with Gasteiger partial charge in [-0.3, -0.25) is 4.79 Å². The molecule has 0 saturated carbocycles. The number of nitrogens with zero attached hydrogens (tertiary/aromatic N) is 1. The SMILES string of the molecule is CCCc1cc(=O)[nH]c(SC(C(C)N)C(C)(C)C)n1. The number of aromatic nitrogens is 2. The van der Waals surface area contributed by atoms with Crippen molar-refractivity contribution in [3.05, 3.63) is 22.1 Å². The van der Waals surface area contributed by atoms with Crippen LogP contribution in [-0.2, 0) is 6.42 Å². The second-order valence-corrected chi connectivity index (χ2v) is 7.19. The summed E-state index contributed by atoms with van der Waals surface area (Å²) < 4.78 is 0. The Kier molecular flexibility index (Phi) is 5.62. The maximum Gasteiger partial charge on any atom is 0.251 e. The average Bonchev–Trinajstić information content (AvgIpc) is 2.23. The Morgan fingerprint density at radius 1 is 1.47 bits per heavy atom. The minimum absolute atomic E-state index is 0.0325. The van der Waals surface area contributed by atoms with Gasteiger partial charge in [0.05, 0.1) is 0 Å². The van der Waals surface area contributed by atoms with E-state index >= 15 is 0 Å². The fraction of sp³-hybridized carbons (Fsp3) is 0.714. The van der Waals surface area contributed by atoms with Crippen LogP contribution in [0.4, 0.5) is 0 Å². The molecule has 19 heavy (non-hydrogen) atoms. The van der Waals surface area contributed by atoms with E-state index in [4.69, 9.17) is 5.73 Å². The van der Waals surface area contributed by atoms with Gasteiger partial charge in [0.1, 0.15) is 0 Å². The lowest BCUT2D eigenvalue weighted by atomic mass is 9.88. The number of nitrogens with one attached hydrogen (secondary N) is 1. The number of thioether (sulfide) groups is 1. The Morgan fingerprint density at radius 3 is 2.58 bits per heavy atom. The Bertz CT molecular complexity index is 462. The van der Waals surface area contributed by atoms with Gasteiger partial charge in [0.2, 0.25) is 0 Å². The Balaban J connectivity index is 3.00. The second kappa shape index (κ2) is 6.57. The molecule has 0 saturated heterocycles. The van der Waals surface area contributed by atoms with Crippen LogP contribution in [0.15, 0.2) is 16.0 Å². The number of rotatable bonds is 5. The van der Waals surface area contributed by atoms with Crippen LogP contribution in [0, 0.1) is 5.41 Å².